The highest BCUT2D eigenvalue weighted by molar-refractivity contribution is 6.30. The fourth-order valence-electron chi connectivity index (χ4n) is 2.49. The Morgan fingerprint density at radius 3 is 2.55 bits per heavy atom. The van der Waals surface area contributed by atoms with E-state index < -0.39 is 11.1 Å². The zero-order chi connectivity index (χ0) is 19.9. The molecule has 9 nitrogen and oxygen atoms in total. The van der Waals surface area contributed by atoms with E-state index in [4.69, 9.17) is 22.1 Å². The van der Waals surface area contributed by atoms with Crippen LogP contribution in [0.3, 0.4) is 0 Å². The number of benzene rings is 2. The second-order valence-electron chi connectivity index (χ2n) is 5.92. The van der Waals surface area contributed by atoms with Crippen LogP contribution in [0.5, 0.6) is 5.75 Å². The Morgan fingerprint density at radius 1 is 1.21 bits per heavy atom. The molecule has 1 heterocycles. The van der Waals surface area contributed by atoms with Gasteiger partial charge in [-0.2, -0.15) is 0 Å². The van der Waals surface area contributed by atoms with Gasteiger partial charge in [0.05, 0.1) is 11.5 Å². The number of nitrogens with zero attached hydrogens (tertiary/aromatic N) is 3. The first kappa shape index (κ1) is 22.3. The normalized spacial score (nSPS) is 16.8. The van der Waals surface area contributed by atoms with Crippen molar-refractivity contribution in [2.45, 2.75) is 12.6 Å². The number of nitro groups is 1. The third-order valence-corrected chi connectivity index (χ3v) is 4.11. The predicted octanol–water partition coefficient (Wildman–Crippen LogP) is 3.00. The Hall–Kier alpha value is -3.04. The van der Waals surface area contributed by atoms with Crippen LogP contribution in [0.2, 0.25) is 5.02 Å². The lowest BCUT2D eigenvalue weighted by atomic mass is 10.1. The molecule has 0 radical (unpaired) electrons. The summed E-state index contributed by atoms with van der Waals surface area (Å²) in [5.41, 5.74) is 6.59. The van der Waals surface area contributed by atoms with E-state index in [1.807, 2.05) is 12.1 Å². The lowest BCUT2D eigenvalue weighted by Crippen LogP contribution is -2.50. The van der Waals surface area contributed by atoms with Crippen molar-refractivity contribution in [1.29, 1.82) is 0 Å². The Labute approximate surface area is 178 Å². The molecule has 4 N–H and O–H groups in total. The van der Waals surface area contributed by atoms with Crippen LogP contribution in [0.25, 0.3) is 0 Å². The van der Waals surface area contributed by atoms with Crippen LogP contribution in [0.4, 0.5) is 5.69 Å². The van der Waals surface area contributed by atoms with Crippen LogP contribution in [0.15, 0.2) is 58.5 Å². The van der Waals surface area contributed by atoms with Gasteiger partial charge in [-0.3, -0.25) is 20.4 Å². The number of guanidine groups is 2. The zero-order valence-corrected chi connectivity index (χ0v) is 16.8. The number of rotatable bonds is 7. The molecule has 0 saturated carbocycles. The minimum absolute atomic E-state index is 0. The van der Waals surface area contributed by atoms with Crippen LogP contribution in [0.1, 0.15) is 18.2 Å². The van der Waals surface area contributed by atoms with Gasteiger partial charge in [0.15, 0.2) is 18.1 Å². The number of ether oxygens (including phenoxy) is 1. The number of halogens is 2. The summed E-state index contributed by atoms with van der Waals surface area (Å²) in [6, 6.07) is 13.3. The first-order valence-electron chi connectivity index (χ1n) is 8.55. The summed E-state index contributed by atoms with van der Waals surface area (Å²) in [5.74, 6) is 1.46. The molecular weight excluding hydrogens is 419 g/mol. The van der Waals surface area contributed by atoms with Gasteiger partial charge in [0.25, 0.3) is 5.69 Å². The van der Waals surface area contributed by atoms with Crippen LogP contribution < -0.4 is 21.1 Å². The lowest BCUT2D eigenvalue weighted by Gasteiger charge is -2.24. The monoisotopic (exact) mass is 438 g/mol. The molecular formula is C18H20Cl2N6O3. The average Bonchev–Trinajstić information content (AvgIpc) is 2.69. The highest BCUT2D eigenvalue weighted by atomic mass is 35.5. The molecule has 1 atom stereocenters. The van der Waals surface area contributed by atoms with Gasteiger partial charge in [0.2, 0.25) is 0 Å². The van der Waals surface area contributed by atoms with E-state index in [2.05, 4.69) is 20.6 Å². The van der Waals surface area contributed by atoms with Crippen molar-refractivity contribution in [1.82, 2.24) is 10.6 Å². The molecule has 0 fully saturated rings. The quantitative estimate of drug-likeness (QED) is 0.346. The van der Waals surface area contributed by atoms with Gasteiger partial charge in [-0.05, 0) is 42.0 Å². The molecule has 0 amide bonds. The third-order valence-electron chi connectivity index (χ3n) is 3.86. The van der Waals surface area contributed by atoms with Crippen LogP contribution in [-0.4, -0.2) is 30.0 Å². The summed E-state index contributed by atoms with van der Waals surface area (Å²) in [4.78, 5) is 19.0. The molecule has 0 bridgehead atoms. The van der Waals surface area contributed by atoms with Gasteiger partial charge >= 0.3 is 0 Å². The second kappa shape index (κ2) is 10.5. The van der Waals surface area contributed by atoms with Gasteiger partial charge < -0.3 is 15.8 Å². The number of hydrogen-bond acceptors (Lipinski definition) is 6. The number of nitrogens with two attached hydrogens (primary N) is 1. The molecule has 0 aliphatic carbocycles. The van der Waals surface area contributed by atoms with E-state index in [0.717, 1.165) is 11.3 Å². The van der Waals surface area contributed by atoms with E-state index in [1.54, 1.807) is 24.3 Å². The minimum atomic E-state index is -0.467. The van der Waals surface area contributed by atoms with Crippen LogP contribution in [-0.2, 0) is 0 Å². The minimum Gasteiger partial charge on any atom is -0.494 e. The SMILES string of the molecule is Cl.NC1=NC(c2ccc([N+](=O)[O-])cc2)NC(=NCCCOc2ccc(Cl)cc2)N1. The summed E-state index contributed by atoms with van der Waals surface area (Å²) in [6.45, 7) is 1.02. The average molecular weight is 439 g/mol. The summed E-state index contributed by atoms with van der Waals surface area (Å²) in [6.07, 6.45) is 0.237. The smallest absolute Gasteiger partial charge is 0.269 e. The van der Waals surface area contributed by atoms with Crippen molar-refractivity contribution in [3.05, 3.63) is 69.2 Å². The highest BCUT2D eigenvalue weighted by Crippen LogP contribution is 2.20. The maximum Gasteiger partial charge on any atom is 0.269 e. The topological polar surface area (TPSA) is 127 Å². The largest absolute Gasteiger partial charge is 0.494 e. The molecule has 29 heavy (non-hydrogen) atoms. The van der Waals surface area contributed by atoms with E-state index in [0.29, 0.717) is 30.6 Å². The third kappa shape index (κ3) is 6.51. The molecule has 2 aromatic carbocycles. The van der Waals surface area contributed by atoms with Crippen molar-refractivity contribution < 1.29 is 9.66 Å². The van der Waals surface area contributed by atoms with Crippen LogP contribution >= 0.6 is 24.0 Å². The lowest BCUT2D eigenvalue weighted by molar-refractivity contribution is -0.384. The van der Waals surface area contributed by atoms with Crippen molar-refractivity contribution in [2.24, 2.45) is 15.7 Å². The fraction of sp³-hybridized carbons (Fsp3) is 0.222. The Morgan fingerprint density at radius 2 is 1.90 bits per heavy atom. The van der Waals surface area contributed by atoms with E-state index in [1.165, 1.54) is 12.1 Å². The number of hydrogen-bond donors (Lipinski definition) is 3. The van der Waals surface area contributed by atoms with Gasteiger partial charge in [0, 0.05) is 30.1 Å². The first-order valence-corrected chi connectivity index (χ1v) is 8.93. The van der Waals surface area contributed by atoms with Crippen molar-refractivity contribution >= 4 is 41.6 Å². The number of nitrogens with one attached hydrogen (secondary N) is 2. The van der Waals surface area contributed by atoms with Gasteiger partial charge in [-0.1, -0.05) is 11.6 Å². The van der Waals surface area contributed by atoms with Crippen LogP contribution in [0, 0.1) is 10.1 Å². The predicted molar refractivity (Wildman–Crippen MR) is 115 cm³/mol. The Balaban J connectivity index is 0.00000300. The molecule has 154 valence electrons. The van der Waals surface area contributed by atoms with E-state index in [9.17, 15) is 10.1 Å². The summed E-state index contributed by atoms with van der Waals surface area (Å²) in [7, 11) is 0. The van der Waals surface area contributed by atoms with E-state index in [-0.39, 0.29) is 24.1 Å². The molecule has 0 aromatic heterocycles. The molecule has 2 aromatic rings. The molecule has 0 saturated heterocycles. The van der Waals surface area contributed by atoms with Gasteiger partial charge in [-0.15, -0.1) is 12.4 Å². The molecule has 0 spiro atoms. The summed E-state index contributed by atoms with van der Waals surface area (Å²) < 4.78 is 5.62. The highest BCUT2D eigenvalue weighted by Gasteiger charge is 2.19. The molecule has 3 rings (SSSR count). The van der Waals surface area contributed by atoms with Gasteiger partial charge in [-0.25, -0.2) is 4.99 Å². The number of nitro benzene ring substituents is 1. The van der Waals surface area contributed by atoms with Crippen molar-refractivity contribution in [3.63, 3.8) is 0 Å². The van der Waals surface area contributed by atoms with Crippen molar-refractivity contribution in [3.8, 4) is 5.75 Å². The maximum absolute atomic E-state index is 10.8. The number of aliphatic imine (C=N–C) groups is 2. The summed E-state index contributed by atoms with van der Waals surface area (Å²) in [5, 5.41) is 17.4. The first-order chi connectivity index (χ1) is 13.5. The Kier molecular flexibility index (Phi) is 8.05. The molecule has 1 aliphatic rings. The zero-order valence-electron chi connectivity index (χ0n) is 15.2. The molecule has 11 heteroatoms. The summed E-state index contributed by atoms with van der Waals surface area (Å²) >= 11 is 5.83. The van der Waals surface area contributed by atoms with E-state index >= 15 is 0 Å². The van der Waals surface area contributed by atoms with Crippen molar-refractivity contribution in [2.75, 3.05) is 13.2 Å². The molecule has 1 aliphatic heterocycles. The second-order valence-corrected chi connectivity index (χ2v) is 6.36. The maximum atomic E-state index is 10.8. The Bertz CT molecular complexity index is 887. The standard InChI is InChI=1S/C18H19ClN6O3.ClH/c19-13-4-8-15(9-5-13)28-11-1-10-21-18-23-16(22-17(20)24-18)12-2-6-14(7-3-12)25(26)27;/h2-9,16H,1,10-11H2,(H4,20,21,22,23,24);1H. The number of non-ortho nitro benzene ring substituents is 1. The molecule has 1 unspecified atom stereocenters. The fourth-order valence-corrected chi connectivity index (χ4v) is 2.61. The van der Waals surface area contributed by atoms with Gasteiger partial charge in [0.1, 0.15) is 5.75 Å².